The maximum Gasteiger partial charge on any atom is 0.248 e. The number of nitrogens with two attached hydrogens (primary N) is 1. The van der Waals surface area contributed by atoms with Crippen LogP contribution in [0, 0.1) is 6.92 Å². The van der Waals surface area contributed by atoms with E-state index in [0.717, 1.165) is 16.8 Å². The Morgan fingerprint density at radius 2 is 2.11 bits per heavy atom. The summed E-state index contributed by atoms with van der Waals surface area (Å²) < 4.78 is 0. The summed E-state index contributed by atoms with van der Waals surface area (Å²) in [5.41, 5.74) is 8.96. The van der Waals surface area contributed by atoms with Gasteiger partial charge in [-0.15, -0.1) is 0 Å². The van der Waals surface area contributed by atoms with Gasteiger partial charge in [0.25, 0.3) is 0 Å². The number of aromatic nitrogens is 1. The van der Waals surface area contributed by atoms with E-state index in [2.05, 4.69) is 10.3 Å². The second-order valence-electron chi connectivity index (χ2n) is 4.50. The number of hydrogen-bond acceptors (Lipinski definition) is 3. The molecule has 1 amide bonds. The smallest absolute Gasteiger partial charge is 0.248 e. The number of nitrogens with zero attached hydrogens (tertiary/aromatic N) is 1. The van der Waals surface area contributed by atoms with Crippen LogP contribution >= 0.6 is 0 Å². The Kier molecular flexibility index (Phi) is 4.26. The molecule has 0 aliphatic carbocycles. The van der Waals surface area contributed by atoms with Crippen LogP contribution in [0.15, 0.2) is 42.6 Å². The van der Waals surface area contributed by atoms with Gasteiger partial charge >= 0.3 is 0 Å². The number of aryl methyl sites for hydroxylation is 1. The summed E-state index contributed by atoms with van der Waals surface area (Å²) in [6.07, 6.45) is 1.85. The number of carbonyl (C=O) groups is 1. The number of amides is 1. The first-order valence-electron chi connectivity index (χ1n) is 6.16. The van der Waals surface area contributed by atoms with E-state index in [1.54, 1.807) is 12.1 Å². The average Bonchev–Trinajstić information content (AvgIpc) is 2.41. The Bertz CT molecular complexity index is 564. The number of benzene rings is 1. The van der Waals surface area contributed by atoms with Crippen LogP contribution in [-0.2, 0) is 13.1 Å². The molecule has 1 aromatic heterocycles. The SMILES string of the molecule is Cc1ccc(CNCc2cccc(C(N)=O)c2)nc1. The minimum Gasteiger partial charge on any atom is -0.366 e. The summed E-state index contributed by atoms with van der Waals surface area (Å²) in [6, 6.07) is 11.4. The standard InChI is InChI=1S/C15H17N3O/c1-11-5-6-14(18-8-11)10-17-9-12-3-2-4-13(7-12)15(16)19/h2-8,17H,9-10H2,1H3,(H2,16,19). The van der Waals surface area contributed by atoms with Crippen LogP contribution in [0.1, 0.15) is 27.2 Å². The molecule has 2 rings (SSSR count). The van der Waals surface area contributed by atoms with Crippen LogP contribution in [-0.4, -0.2) is 10.9 Å². The molecule has 2 aromatic rings. The second-order valence-corrected chi connectivity index (χ2v) is 4.50. The van der Waals surface area contributed by atoms with Gasteiger partial charge in [-0.1, -0.05) is 18.2 Å². The second kappa shape index (κ2) is 6.11. The quantitative estimate of drug-likeness (QED) is 0.855. The monoisotopic (exact) mass is 255 g/mol. The number of hydrogen-bond donors (Lipinski definition) is 2. The van der Waals surface area contributed by atoms with Crippen molar-refractivity contribution >= 4 is 5.91 Å². The third-order valence-corrected chi connectivity index (χ3v) is 2.82. The summed E-state index contributed by atoms with van der Waals surface area (Å²) >= 11 is 0. The lowest BCUT2D eigenvalue weighted by molar-refractivity contribution is 0.1000. The Balaban J connectivity index is 1.90. The fraction of sp³-hybridized carbons (Fsp3) is 0.200. The van der Waals surface area contributed by atoms with Gasteiger partial charge in [0, 0.05) is 24.8 Å². The Morgan fingerprint density at radius 3 is 2.79 bits per heavy atom. The van der Waals surface area contributed by atoms with Crippen LogP contribution in [0.5, 0.6) is 0 Å². The molecule has 3 N–H and O–H groups in total. The van der Waals surface area contributed by atoms with Gasteiger partial charge in [-0.25, -0.2) is 0 Å². The van der Waals surface area contributed by atoms with Crippen molar-refractivity contribution in [2.75, 3.05) is 0 Å². The minimum absolute atomic E-state index is 0.401. The van der Waals surface area contributed by atoms with Crippen LogP contribution in [0.3, 0.4) is 0 Å². The fourth-order valence-electron chi connectivity index (χ4n) is 1.77. The molecule has 0 saturated carbocycles. The van der Waals surface area contributed by atoms with Crippen molar-refractivity contribution in [3.63, 3.8) is 0 Å². The molecule has 0 atom stereocenters. The van der Waals surface area contributed by atoms with E-state index < -0.39 is 5.91 Å². The predicted molar refractivity (Wildman–Crippen MR) is 74.5 cm³/mol. The Labute approximate surface area is 112 Å². The highest BCUT2D eigenvalue weighted by Gasteiger charge is 2.01. The zero-order chi connectivity index (χ0) is 13.7. The van der Waals surface area contributed by atoms with Gasteiger partial charge in [-0.3, -0.25) is 9.78 Å². The Hall–Kier alpha value is -2.20. The third kappa shape index (κ3) is 3.89. The van der Waals surface area contributed by atoms with Crippen molar-refractivity contribution in [2.24, 2.45) is 5.73 Å². The van der Waals surface area contributed by atoms with Crippen molar-refractivity contribution in [1.82, 2.24) is 10.3 Å². The van der Waals surface area contributed by atoms with E-state index in [0.29, 0.717) is 18.7 Å². The maximum absolute atomic E-state index is 11.1. The molecule has 0 unspecified atom stereocenters. The molecule has 19 heavy (non-hydrogen) atoms. The molecule has 0 spiro atoms. The van der Waals surface area contributed by atoms with E-state index in [1.807, 2.05) is 37.4 Å². The van der Waals surface area contributed by atoms with Gasteiger partial charge in [-0.05, 0) is 36.2 Å². The van der Waals surface area contributed by atoms with Crippen LogP contribution in [0.2, 0.25) is 0 Å². The molecular formula is C15H17N3O. The summed E-state index contributed by atoms with van der Waals surface area (Å²) in [4.78, 5) is 15.4. The van der Waals surface area contributed by atoms with Gasteiger partial charge < -0.3 is 11.1 Å². The first kappa shape index (κ1) is 13.2. The van der Waals surface area contributed by atoms with E-state index in [-0.39, 0.29) is 0 Å². The minimum atomic E-state index is -0.401. The summed E-state index contributed by atoms with van der Waals surface area (Å²) in [5.74, 6) is -0.401. The number of primary amides is 1. The first-order chi connectivity index (χ1) is 9.15. The van der Waals surface area contributed by atoms with Gasteiger partial charge in [0.05, 0.1) is 5.69 Å². The van der Waals surface area contributed by atoms with E-state index in [1.165, 1.54) is 0 Å². The molecule has 0 aliphatic heterocycles. The lowest BCUT2D eigenvalue weighted by Gasteiger charge is -2.06. The molecule has 1 heterocycles. The number of pyridine rings is 1. The molecule has 0 saturated heterocycles. The normalized spacial score (nSPS) is 10.4. The molecule has 4 heteroatoms. The summed E-state index contributed by atoms with van der Waals surface area (Å²) in [7, 11) is 0. The van der Waals surface area contributed by atoms with Gasteiger partial charge in [-0.2, -0.15) is 0 Å². The highest BCUT2D eigenvalue weighted by Crippen LogP contribution is 2.05. The molecule has 0 fully saturated rings. The zero-order valence-electron chi connectivity index (χ0n) is 10.9. The lowest BCUT2D eigenvalue weighted by atomic mass is 10.1. The zero-order valence-corrected chi connectivity index (χ0v) is 10.9. The topological polar surface area (TPSA) is 68.0 Å². The number of rotatable bonds is 5. The van der Waals surface area contributed by atoms with Crippen molar-refractivity contribution in [3.8, 4) is 0 Å². The molecular weight excluding hydrogens is 238 g/mol. The molecule has 98 valence electrons. The van der Waals surface area contributed by atoms with Gasteiger partial charge in [0.15, 0.2) is 0 Å². The molecule has 0 bridgehead atoms. The van der Waals surface area contributed by atoms with E-state index in [4.69, 9.17) is 5.73 Å². The van der Waals surface area contributed by atoms with E-state index >= 15 is 0 Å². The van der Waals surface area contributed by atoms with Gasteiger partial charge in [0.2, 0.25) is 5.91 Å². The first-order valence-corrected chi connectivity index (χ1v) is 6.16. The maximum atomic E-state index is 11.1. The van der Waals surface area contributed by atoms with E-state index in [9.17, 15) is 4.79 Å². The largest absolute Gasteiger partial charge is 0.366 e. The molecule has 0 aliphatic rings. The summed E-state index contributed by atoms with van der Waals surface area (Å²) in [6.45, 7) is 3.39. The van der Waals surface area contributed by atoms with Crippen molar-refractivity contribution in [2.45, 2.75) is 20.0 Å². The molecule has 4 nitrogen and oxygen atoms in total. The molecule has 1 aromatic carbocycles. The number of carbonyl (C=O) groups excluding carboxylic acids is 1. The molecule has 0 radical (unpaired) electrons. The van der Waals surface area contributed by atoms with Crippen LogP contribution in [0.25, 0.3) is 0 Å². The van der Waals surface area contributed by atoms with Crippen LogP contribution < -0.4 is 11.1 Å². The third-order valence-electron chi connectivity index (χ3n) is 2.82. The van der Waals surface area contributed by atoms with Crippen molar-refractivity contribution in [1.29, 1.82) is 0 Å². The lowest BCUT2D eigenvalue weighted by Crippen LogP contribution is -2.15. The van der Waals surface area contributed by atoms with Gasteiger partial charge in [0.1, 0.15) is 0 Å². The highest BCUT2D eigenvalue weighted by atomic mass is 16.1. The fourth-order valence-corrected chi connectivity index (χ4v) is 1.77. The number of nitrogens with one attached hydrogen (secondary N) is 1. The summed E-state index contributed by atoms with van der Waals surface area (Å²) in [5, 5.41) is 3.29. The Morgan fingerprint density at radius 1 is 1.26 bits per heavy atom. The average molecular weight is 255 g/mol. The van der Waals surface area contributed by atoms with Crippen molar-refractivity contribution < 1.29 is 4.79 Å². The van der Waals surface area contributed by atoms with Crippen LogP contribution in [0.4, 0.5) is 0 Å². The highest BCUT2D eigenvalue weighted by molar-refractivity contribution is 5.92. The van der Waals surface area contributed by atoms with Crippen molar-refractivity contribution in [3.05, 3.63) is 65.0 Å². The predicted octanol–water partition coefficient (Wildman–Crippen LogP) is 1.78.